The van der Waals surface area contributed by atoms with Crippen LogP contribution in [-0.4, -0.2) is 24.1 Å². The van der Waals surface area contributed by atoms with Crippen molar-refractivity contribution in [2.45, 2.75) is 18.6 Å². The van der Waals surface area contributed by atoms with Gasteiger partial charge in [0.15, 0.2) is 0 Å². The van der Waals surface area contributed by atoms with Crippen molar-refractivity contribution >= 4 is 29.3 Å². The number of nitrogens with one attached hydrogen (secondary N) is 2. The standard InChI is InChI=1S/C20H21FN2O2S/c21-18-4-2-1-3-16(18)13-26-12-11-22-19(24)14-7-9-17(10-8-14)23-20(25)15-5-6-15/h1-4,7-10,15H,5-6,11-13H2,(H,22,24)(H,23,25). The molecule has 2 amide bonds. The van der Waals surface area contributed by atoms with Gasteiger partial charge in [0.05, 0.1) is 0 Å². The van der Waals surface area contributed by atoms with Crippen molar-refractivity contribution in [2.24, 2.45) is 5.92 Å². The molecule has 1 saturated carbocycles. The Kier molecular flexibility index (Phi) is 6.28. The van der Waals surface area contributed by atoms with Gasteiger partial charge in [-0.15, -0.1) is 0 Å². The molecule has 1 aliphatic rings. The zero-order valence-electron chi connectivity index (χ0n) is 14.3. The first-order valence-corrected chi connectivity index (χ1v) is 9.79. The summed E-state index contributed by atoms with van der Waals surface area (Å²) >= 11 is 1.57. The fourth-order valence-electron chi connectivity index (χ4n) is 2.43. The molecular weight excluding hydrogens is 351 g/mol. The minimum Gasteiger partial charge on any atom is -0.351 e. The number of hydrogen-bond acceptors (Lipinski definition) is 3. The maximum Gasteiger partial charge on any atom is 0.251 e. The topological polar surface area (TPSA) is 58.2 Å². The van der Waals surface area contributed by atoms with Crippen LogP contribution in [0.3, 0.4) is 0 Å². The van der Waals surface area contributed by atoms with E-state index in [-0.39, 0.29) is 23.5 Å². The predicted molar refractivity (Wildman–Crippen MR) is 103 cm³/mol. The van der Waals surface area contributed by atoms with Crippen molar-refractivity contribution in [3.8, 4) is 0 Å². The van der Waals surface area contributed by atoms with Gasteiger partial charge in [0.1, 0.15) is 5.82 Å². The van der Waals surface area contributed by atoms with Gasteiger partial charge in [0, 0.05) is 35.2 Å². The van der Waals surface area contributed by atoms with Crippen LogP contribution in [0, 0.1) is 11.7 Å². The van der Waals surface area contributed by atoms with Crippen LogP contribution >= 0.6 is 11.8 Å². The van der Waals surface area contributed by atoms with Crippen LogP contribution < -0.4 is 10.6 Å². The molecule has 0 atom stereocenters. The molecule has 2 N–H and O–H groups in total. The Hall–Kier alpha value is -2.34. The van der Waals surface area contributed by atoms with Crippen molar-refractivity contribution in [1.82, 2.24) is 5.32 Å². The minimum atomic E-state index is -0.196. The second-order valence-electron chi connectivity index (χ2n) is 6.24. The first-order valence-electron chi connectivity index (χ1n) is 8.64. The maximum absolute atomic E-state index is 13.5. The van der Waals surface area contributed by atoms with E-state index in [0.717, 1.165) is 12.8 Å². The highest BCUT2D eigenvalue weighted by Crippen LogP contribution is 2.30. The Morgan fingerprint density at radius 2 is 1.81 bits per heavy atom. The number of rotatable bonds is 8. The third-order valence-electron chi connectivity index (χ3n) is 4.11. The molecule has 0 bridgehead atoms. The molecule has 1 fully saturated rings. The van der Waals surface area contributed by atoms with E-state index in [2.05, 4.69) is 10.6 Å². The summed E-state index contributed by atoms with van der Waals surface area (Å²) in [6.45, 7) is 0.512. The second kappa shape index (κ2) is 8.85. The third-order valence-corrected chi connectivity index (χ3v) is 5.12. The van der Waals surface area contributed by atoms with Crippen molar-refractivity contribution in [3.05, 3.63) is 65.5 Å². The van der Waals surface area contributed by atoms with Crippen LogP contribution in [0.25, 0.3) is 0 Å². The van der Waals surface area contributed by atoms with Crippen molar-refractivity contribution in [2.75, 3.05) is 17.6 Å². The van der Waals surface area contributed by atoms with Gasteiger partial charge < -0.3 is 10.6 Å². The molecule has 26 heavy (non-hydrogen) atoms. The van der Waals surface area contributed by atoms with E-state index in [4.69, 9.17) is 0 Å². The molecule has 1 aliphatic carbocycles. The van der Waals surface area contributed by atoms with E-state index >= 15 is 0 Å². The molecule has 0 heterocycles. The van der Waals surface area contributed by atoms with E-state index in [1.165, 1.54) is 6.07 Å². The van der Waals surface area contributed by atoms with Crippen molar-refractivity contribution < 1.29 is 14.0 Å². The molecule has 0 radical (unpaired) electrons. The Bertz CT molecular complexity index is 776. The van der Waals surface area contributed by atoms with Gasteiger partial charge in [-0.2, -0.15) is 11.8 Å². The first-order chi connectivity index (χ1) is 12.6. The molecule has 0 aromatic heterocycles. The van der Waals surface area contributed by atoms with E-state index in [0.29, 0.717) is 34.9 Å². The number of thioether (sulfide) groups is 1. The second-order valence-corrected chi connectivity index (χ2v) is 7.35. The SMILES string of the molecule is O=C(NCCSCc1ccccc1F)c1ccc(NC(=O)C2CC2)cc1. The maximum atomic E-state index is 13.5. The van der Waals surface area contributed by atoms with Gasteiger partial charge in [0.25, 0.3) is 5.91 Å². The summed E-state index contributed by atoms with van der Waals surface area (Å²) in [6, 6.07) is 13.6. The van der Waals surface area contributed by atoms with Crippen LogP contribution in [0.2, 0.25) is 0 Å². The highest BCUT2D eigenvalue weighted by atomic mass is 32.2. The monoisotopic (exact) mass is 372 g/mol. The van der Waals surface area contributed by atoms with Gasteiger partial charge in [-0.3, -0.25) is 9.59 Å². The fraction of sp³-hybridized carbons (Fsp3) is 0.300. The largest absolute Gasteiger partial charge is 0.351 e. The molecular formula is C20H21FN2O2S. The van der Waals surface area contributed by atoms with Gasteiger partial charge in [-0.05, 0) is 48.7 Å². The zero-order chi connectivity index (χ0) is 18.4. The van der Waals surface area contributed by atoms with Crippen LogP contribution in [0.1, 0.15) is 28.8 Å². The number of hydrogen-bond donors (Lipinski definition) is 2. The summed E-state index contributed by atoms with van der Waals surface area (Å²) in [7, 11) is 0. The van der Waals surface area contributed by atoms with Crippen LogP contribution in [0.5, 0.6) is 0 Å². The van der Waals surface area contributed by atoms with E-state index in [1.807, 2.05) is 6.07 Å². The smallest absolute Gasteiger partial charge is 0.251 e. The third kappa shape index (κ3) is 5.33. The molecule has 0 saturated heterocycles. The van der Waals surface area contributed by atoms with Crippen LogP contribution in [-0.2, 0) is 10.5 Å². The highest BCUT2D eigenvalue weighted by molar-refractivity contribution is 7.98. The number of carbonyl (C=O) groups is 2. The summed E-state index contributed by atoms with van der Waals surface area (Å²) in [5, 5.41) is 5.69. The Morgan fingerprint density at radius 1 is 1.08 bits per heavy atom. The number of anilines is 1. The van der Waals surface area contributed by atoms with Crippen LogP contribution in [0.4, 0.5) is 10.1 Å². The van der Waals surface area contributed by atoms with Gasteiger partial charge in [-0.25, -0.2) is 4.39 Å². The van der Waals surface area contributed by atoms with E-state index in [9.17, 15) is 14.0 Å². The molecule has 6 heteroatoms. The Morgan fingerprint density at radius 3 is 2.50 bits per heavy atom. The first kappa shape index (κ1) is 18.5. The normalized spacial score (nSPS) is 13.3. The van der Waals surface area contributed by atoms with E-state index in [1.54, 1.807) is 48.2 Å². The highest BCUT2D eigenvalue weighted by Gasteiger charge is 2.29. The van der Waals surface area contributed by atoms with Crippen LogP contribution in [0.15, 0.2) is 48.5 Å². The van der Waals surface area contributed by atoms with E-state index < -0.39 is 0 Å². The average molecular weight is 372 g/mol. The lowest BCUT2D eigenvalue weighted by atomic mass is 10.2. The molecule has 0 aliphatic heterocycles. The van der Waals surface area contributed by atoms with Gasteiger partial charge in [0.2, 0.25) is 5.91 Å². The summed E-state index contributed by atoms with van der Waals surface area (Å²) in [5.74, 6) is 1.14. The molecule has 2 aromatic carbocycles. The molecule has 0 spiro atoms. The predicted octanol–water partition coefficient (Wildman–Crippen LogP) is 3.84. The fourth-order valence-corrected chi connectivity index (χ4v) is 3.28. The van der Waals surface area contributed by atoms with Gasteiger partial charge >= 0.3 is 0 Å². The number of halogens is 1. The Balaban J connectivity index is 1.37. The quantitative estimate of drug-likeness (QED) is 0.692. The minimum absolute atomic E-state index is 0.0501. The summed E-state index contributed by atoms with van der Waals surface area (Å²) < 4.78 is 13.5. The molecule has 2 aromatic rings. The molecule has 0 unspecified atom stereocenters. The lowest BCUT2D eigenvalue weighted by molar-refractivity contribution is -0.117. The number of benzene rings is 2. The summed E-state index contributed by atoms with van der Waals surface area (Å²) in [5.41, 5.74) is 1.93. The average Bonchev–Trinajstić information content (AvgIpc) is 3.48. The van der Waals surface area contributed by atoms with Gasteiger partial charge in [-0.1, -0.05) is 18.2 Å². The number of amides is 2. The zero-order valence-corrected chi connectivity index (χ0v) is 15.2. The molecule has 3 rings (SSSR count). The van der Waals surface area contributed by atoms with Crippen molar-refractivity contribution in [3.63, 3.8) is 0 Å². The Labute approximate surface area is 156 Å². The number of carbonyl (C=O) groups excluding carboxylic acids is 2. The lowest BCUT2D eigenvalue weighted by Gasteiger charge is -2.08. The molecule has 4 nitrogen and oxygen atoms in total. The molecule has 136 valence electrons. The summed E-state index contributed by atoms with van der Waals surface area (Å²) in [6.07, 6.45) is 1.92. The lowest BCUT2D eigenvalue weighted by Crippen LogP contribution is -2.25. The van der Waals surface area contributed by atoms with Crippen molar-refractivity contribution in [1.29, 1.82) is 0 Å². The summed E-state index contributed by atoms with van der Waals surface area (Å²) in [4.78, 5) is 23.8.